The third-order valence-corrected chi connectivity index (χ3v) is 6.43. The molecular weight excluding hydrogens is 428 g/mol. The Morgan fingerprint density at radius 3 is 2.69 bits per heavy atom. The summed E-state index contributed by atoms with van der Waals surface area (Å²) in [5, 5.41) is 13.6. The molecule has 2 aromatic carbocycles. The zero-order valence-corrected chi connectivity index (χ0v) is 18.5. The summed E-state index contributed by atoms with van der Waals surface area (Å²) in [6, 6.07) is 11.5. The lowest BCUT2D eigenvalue weighted by Gasteiger charge is -2.19. The minimum atomic E-state index is -0.873. The van der Waals surface area contributed by atoms with E-state index in [1.807, 2.05) is 56.5 Å². The zero-order valence-electron chi connectivity index (χ0n) is 17.7. The van der Waals surface area contributed by atoms with Crippen LogP contribution in [-0.4, -0.2) is 45.3 Å². The molecule has 0 bridgehead atoms. The van der Waals surface area contributed by atoms with Crippen LogP contribution < -0.4 is 4.90 Å². The maximum atomic E-state index is 13.2. The molecule has 32 heavy (non-hydrogen) atoms. The van der Waals surface area contributed by atoms with Crippen molar-refractivity contribution < 1.29 is 14.1 Å². The van der Waals surface area contributed by atoms with Gasteiger partial charge in [0.15, 0.2) is 12.1 Å². The van der Waals surface area contributed by atoms with Gasteiger partial charge in [-0.25, -0.2) is 4.90 Å². The number of nitrogens with zero attached hydrogens (tertiary/aromatic N) is 6. The average Bonchev–Trinajstić information content (AvgIpc) is 3.48. The van der Waals surface area contributed by atoms with Crippen LogP contribution in [0.5, 0.6) is 0 Å². The number of imide groups is 1. The molecule has 2 amide bonds. The number of aromatic nitrogens is 2. The minimum Gasteiger partial charge on any atom is -0.337 e. The van der Waals surface area contributed by atoms with Gasteiger partial charge in [-0.1, -0.05) is 28.6 Å². The summed E-state index contributed by atoms with van der Waals surface area (Å²) in [5.41, 5.74) is 3.69. The second-order valence-electron chi connectivity index (χ2n) is 7.72. The molecule has 2 aliphatic heterocycles. The largest absolute Gasteiger partial charge is 0.337 e. The molecule has 3 heterocycles. The highest BCUT2D eigenvalue weighted by Gasteiger charge is 2.55. The Morgan fingerprint density at radius 1 is 1.06 bits per heavy atom. The van der Waals surface area contributed by atoms with Gasteiger partial charge in [0.25, 0.3) is 11.8 Å². The number of hydrogen-bond donors (Lipinski definition) is 0. The van der Waals surface area contributed by atoms with Crippen LogP contribution in [-0.2, 0) is 16.1 Å². The minimum absolute atomic E-state index is 0.0836. The molecule has 0 N–H and O–H groups in total. The number of rotatable bonds is 5. The number of thioether (sulfide) groups is 1. The summed E-state index contributed by atoms with van der Waals surface area (Å²) >= 11 is 1.54. The lowest BCUT2D eigenvalue weighted by molar-refractivity contribution is -0.123. The molecule has 0 saturated carbocycles. The second-order valence-corrected chi connectivity index (χ2v) is 8.60. The van der Waals surface area contributed by atoms with Crippen molar-refractivity contribution in [1.82, 2.24) is 15.1 Å². The van der Waals surface area contributed by atoms with E-state index in [0.717, 1.165) is 16.0 Å². The van der Waals surface area contributed by atoms with Crippen LogP contribution in [0.3, 0.4) is 0 Å². The number of benzene rings is 2. The molecule has 1 aromatic heterocycles. The van der Waals surface area contributed by atoms with E-state index in [2.05, 4.69) is 20.5 Å². The van der Waals surface area contributed by atoms with E-state index >= 15 is 0 Å². The van der Waals surface area contributed by atoms with Crippen molar-refractivity contribution in [3.8, 4) is 11.4 Å². The molecule has 1 fully saturated rings. The molecule has 0 unspecified atom stereocenters. The second kappa shape index (κ2) is 7.86. The van der Waals surface area contributed by atoms with E-state index in [1.54, 1.807) is 17.8 Å². The Kier molecular flexibility index (Phi) is 5.01. The van der Waals surface area contributed by atoms with Gasteiger partial charge >= 0.3 is 0 Å². The molecular formula is C22H20N6O3S. The Labute approximate surface area is 188 Å². The quantitative estimate of drug-likeness (QED) is 0.434. The first-order valence-electron chi connectivity index (χ1n) is 10.1. The molecule has 10 heteroatoms. The van der Waals surface area contributed by atoms with Crippen LogP contribution in [0.1, 0.15) is 17.0 Å². The fourth-order valence-electron chi connectivity index (χ4n) is 3.81. The van der Waals surface area contributed by atoms with E-state index in [9.17, 15) is 9.59 Å². The number of fused-ring (bicyclic) bond motifs is 1. The zero-order chi connectivity index (χ0) is 22.4. The Hall–Kier alpha value is -3.53. The highest BCUT2D eigenvalue weighted by Crippen LogP contribution is 2.34. The Morgan fingerprint density at radius 2 is 1.91 bits per heavy atom. The monoisotopic (exact) mass is 448 g/mol. The molecule has 0 spiro atoms. The van der Waals surface area contributed by atoms with Crippen molar-refractivity contribution in [3.05, 3.63) is 59.5 Å². The molecule has 3 aromatic rings. The fraction of sp³-hybridized carbons (Fsp3) is 0.273. The van der Waals surface area contributed by atoms with E-state index in [1.165, 1.54) is 15.5 Å². The van der Waals surface area contributed by atoms with Gasteiger partial charge < -0.3 is 4.52 Å². The van der Waals surface area contributed by atoms with Gasteiger partial charge in [0.1, 0.15) is 6.54 Å². The van der Waals surface area contributed by atoms with Crippen LogP contribution in [0.4, 0.5) is 5.69 Å². The maximum Gasteiger partial charge on any atom is 0.263 e. The smallest absolute Gasteiger partial charge is 0.263 e. The van der Waals surface area contributed by atoms with Crippen molar-refractivity contribution in [2.75, 3.05) is 11.2 Å². The van der Waals surface area contributed by atoms with E-state index in [4.69, 9.17) is 4.52 Å². The first-order chi connectivity index (χ1) is 15.5. The van der Waals surface area contributed by atoms with Crippen LogP contribution in [0.25, 0.3) is 11.4 Å². The number of hydrogen-bond acceptors (Lipinski definition) is 9. The third-order valence-electron chi connectivity index (χ3n) is 5.70. The summed E-state index contributed by atoms with van der Waals surface area (Å²) in [7, 11) is 0. The molecule has 2 atom stereocenters. The van der Waals surface area contributed by atoms with Crippen LogP contribution >= 0.6 is 11.8 Å². The molecule has 9 nitrogen and oxygen atoms in total. The first kappa shape index (κ1) is 20.4. The average molecular weight is 449 g/mol. The van der Waals surface area contributed by atoms with Crippen molar-refractivity contribution >= 4 is 29.3 Å². The van der Waals surface area contributed by atoms with Crippen molar-refractivity contribution in [2.24, 2.45) is 10.3 Å². The van der Waals surface area contributed by atoms with Gasteiger partial charge in [0.05, 0.1) is 5.69 Å². The maximum absolute atomic E-state index is 13.2. The van der Waals surface area contributed by atoms with Gasteiger partial charge in [-0.15, -0.1) is 11.8 Å². The summed E-state index contributed by atoms with van der Waals surface area (Å²) in [5.74, 6) is 0.00373. The summed E-state index contributed by atoms with van der Waals surface area (Å²) in [4.78, 5) is 32.7. The molecule has 2 aliphatic rings. The van der Waals surface area contributed by atoms with Crippen LogP contribution in [0.15, 0.2) is 62.2 Å². The standard InChI is InChI=1S/C22H20N6O3S/c1-12-7-8-14(9-13(12)2)20-23-17(31-25-20)11-27-19-18(24-26-27)21(29)28(22(19)30)15-5-4-6-16(10-15)32-3/h4-10,18-19H,11H2,1-3H3/t18-,19-/m1/s1. The highest BCUT2D eigenvalue weighted by molar-refractivity contribution is 7.98. The fourth-order valence-corrected chi connectivity index (χ4v) is 4.27. The predicted molar refractivity (Wildman–Crippen MR) is 118 cm³/mol. The van der Waals surface area contributed by atoms with Crippen LogP contribution in [0, 0.1) is 13.8 Å². The lowest BCUT2D eigenvalue weighted by Crippen LogP contribution is -2.39. The molecule has 0 radical (unpaired) electrons. The van der Waals surface area contributed by atoms with Gasteiger partial charge in [-0.2, -0.15) is 10.1 Å². The highest BCUT2D eigenvalue weighted by atomic mass is 32.2. The number of aryl methyl sites for hydroxylation is 2. The summed E-state index contributed by atoms with van der Waals surface area (Å²) in [6.07, 6.45) is 1.94. The van der Waals surface area contributed by atoms with Crippen molar-refractivity contribution in [1.29, 1.82) is 0 Å². The number of carbonyl (C=O) groups is 2. The normalized spacial score (nSPS) is 19.8. The summed E-state index contributed by atoms with van der Waals surface area (Å²) < 4.78 is 5.39. The third kappa shape index (κ3) is 3.36. The molecule has 1 saturated heterocycles. The molecule has 162 valence electrons. The number of carbonyl (C=O) groups excluding carboxylic acids is 2. The van der Waals surface area contributed by atoms with E-state index in [-0.39, 0.29) is 18.4 Å². The SMILES string of the molecule is CSc1cccc(N2C(=O)[C@@H]3N=NN(Cc4nc(-c5ccc(C)c(C)c5)no4)[C@H]3C2=O)c1. The summed E-state index contributed by atoms with van der Waals surface area (Å²) in [6.45, 7) is 4.14. The van der Waals surface area contributed by atoms with Gasteiger partial charge in [0, 0.05) is 10.5 Å². The van der Waals surface area contributed by atoms with Crippen molar-refractivity contribution in [2.45, 2.75) is 37.4 Å². The molecule has 5 rings (SSSR count). The lowest BCUT2D eigenvalue weighted by atomic mass is 10.1. The Balaban J connectivity index is 1.36. The number of anilines is 1. The predicted octanol–water partition coefficient (Wildman–Crippen LogP) is 3.57. The molecule has 0 aliphatic carbocycles. The van der Waals surface area contributed by atoms with Gasteiger partial charge in [-0.3, -0.25) is 14.6 Å². The van der Waals surface area contributed by atoms with Gasteiger partial charge in [0.2, 0.25) is 11.7 Å². The van der Waals surface area contributed by atoms with Gasteiger partial charge in [-0.05, 0) is 55.5 Å². The topological polar surface area (TPSA) is 104 Å². The van der Waals surface area contributed by atoms with E-state index in [0.29, 0.717) is 17.4 Å². The van der Waals surface area contributed by atoms with E-state index < -0.39 is 12.1 Å². The van der Waals surface area contributed by atoms with Crippen molar-refractivity contribution in [3.63, 3.8) is 0 Å². The number of amides is 2. The first-order valence-corrected chi connectivity index (χ1v) is 11.3. The Bertz CT molecular complexity index is 1260. The van der Waals surface area contributed by atoms with Crippen LogP contribution in [0.2, 0.25) is 0 Å².